The maximum Gasteiger partial charge on any atom is 0.317 e. The highest BCUT2D eigenvalue weighted by Crippen LogP contribution is 2.61. The largest absolute Gasteiger partial charge is 0.422 e. The smallest absolute Gasteiger partial charge is 0.317 e. The molecule has 8 bridgehead atoms. The molecule has 8 fully saturated rings. The molecule has 0 aromatic carbocycles. The van der Waals surface area contributed by atoms with Crippen LogP contribution in [-0.4, -0.2) is 16.9 Å². The van der Waals surface area contributed by atoms with Crippen molar-refractivity contribution in [2.45, 2.75) is 77.0 Å². The number of ether oxygens (including phenoxy) is 1. The Kier molecular flexibility index (Phi) is 4.16. The second-order valence-electron chi connectivity index (χ2n) is 12.6. The van der Waals surface area contributed by atoms with Gasteiger partial charge in [-0.15, -0.1) is 0 Å². The van der Waals surface area contributed by atoms with Crippen molar-refractivity contribution in [3.63, 3.8) is 0 Å². The minimum Gasteiger partial charge on any atom is -0.422 e. The zero-order chi connectivity index (χ0) is 21.5. The molecule has 9 rings (SSSR count). The van der Waals surface area contributed by atoms with Gasteiger partial charge in [0.2, 0.25) is 5.91 Å². The lowest BCUT2D eigenvalue weighted by molar-refractivity contribution is -0.161. The van der Waals surface area contributed by atoms with E-state index in [1.807, 2.05) is 0 Å². The summed E-state index contributed by atoms with van der Waals surface area (Å²) in [5, 5.41) is 3.12. The summed E-state index contributed by atoms with van der Waals surface area (Å²) in [5.74, 6) is 5.07. The van der Waals surface area contributed by atoms with Crippen molar-refractivity contribution in [2.24, 2.45) is 46.3 Å². The fourth-order valence-electron chi connectivity index (χ4n) is 9.76. The lowest BCUT2D eigenvalue weighted by Crippen LogP contribution is -2.52. The number of carbonyl (C=O) groups is 2. The standard InChI is InChI=1S/C27H34N2O3/c30-24(26-10-16-4-17(11-26)6-18(5-16)12-26)29-23-22(2-1-3-28-23)32-25(31)27-13-19-7-20(14-27)9-21(8-19)15-27/h1-3,16-21H,4-15H2,(H,28,29,30). The molecule has 1 amide bonds. The number of carbonyl (C=O) groups excluding carboxylic acids is 2. The summed E-state index contributed by atoms with van der Waals surface area (Å²) >= 11 is 0. The van der Waals surface area contributed by atoms with Crippen LogP contribution in [0.25, 0.3) is 0 Å². The summed E-state index contributed by atoms with van der Waals surface area (Å²) in [4.78, 5) is 31.4. The zero-order valence-electron chi connectivity index (χ0n) is 18.9. The summed E-state index contributed by atoms with van der Waals surface area (Å²) in [6, 6.07) is 3.59. The van der Waals surface area contributed by atoms with Gasteiger partial charge in [-0.3, -0.25) is 9.59 Å². The van der Waals surface area contributed by atoms with Gasteiger partial charge >= 0.3 is 5.97 Å². The summed E-state index contributed by atoms with van der Waals surface area (Å²) in [5.41, 5.74) is -0.556. The fourth-order valence-corrected chi connectivity index (χ4v) is 9.76. The van der Waals surface area contributed by atoms with E-state index in [1.54, 1.807) is 18.3 Å². The molecule has 5 nitrogen and oxygen atoms in total. The molecule has 5 heteroatoms. The topological polar surface area (TPSA) is 68.3 Å². The number of hydrogen-bond acceptors (Lipinski definition) is 4. The maximum atomic E-state index is 13.5. The van der Waals surface area contributed by atoms with Crippen molar-refractivity contribution < 1.29 is 14.3 Å². The van der Waals surface area contributed by atoms with E-state index in [2.05, 4.69) is 10.3 Å². The molecule has 0 atom stereocenters. The van der Waals surface area contributed by atoms with Crippen LogP contribution in [0.1, 0.15) is 77.0 Å². The molecule has 1 heterocycles. The molecule has 1 N–H and O–H groups in total. The highest BCUT2D eigenvalue weighted by atomic mass is 16.5. The maximum absolute atomic E-state index is 13.5. The molecule has 0 unspecified atom stereocenters. The molecule has 0 saturated heterocycles. The summed E-state index contributed by atoms with van der Waals surface area (Å²) < 4.78 is 6.03. The van der Waals surface area contributed by atoms with Crippen LogP contribution < -0.4 is 10.1 Å². The van der Waals surface area contributed by atoms with E-state index in [1.165, 1.54) is 38.5 Å². The van der Waals surface area contributed by atoms with Crippen molar-refractivity contribution in [3.8, 4) is 5.75 Å². The summed E-state index contributed by atoms with van der Waals surface area (Å²) in [7, 11) is 0. The van der Waals surface area contributed by atoms with E-state index in [-0.39, 0.29) is 22.7 Å². The number of anilines is 1. The van der Waals surface area contributed by atoms with Crippen LogP contribution in [0.2, 0.25) is 0 Å². The Balaban J connectivity index is 1.11. The van der Waals surface area contributed by atoms with Crippen LogP contribution in [0.4, 0.5) is 5.82 Å². The van der Waals surface area contributed by atoms with Gasteiger partial charge in [-0.25, -0.2) is 4.98 Å². The third kappa shape index (κ3) is 2.99. The van der Waals surface area contributed by atoms with E-state index in [9.17, 15) is 9.59 Å². The lowest BCUT2D eigenvalue weighted by Gasteiger charge is -2.55. The molecule has 170 valence electrons. The van der Waals surface area contributed by atoms with Crippen LogP contribution in [0.5, 0.6) is 5.75 Å². The quantitative estimate of drug-likeness (QED) is 0.648. The molecular weight excluding hydrogens is 400 g/mol. The Bertz CT molecular complexity index is 822. The zero-order valence-corrected chi connectivity index (χ0v) is 18.9. The first-order chi connectivity index (χ1) is 15.5. The van der Waals surface area contributed by atoms with Gasteiger partial charge in [-0.2, -0.15) is 0 Å². The van der Waals surface area contributed by atoms with Crippen LogP contribution >= 0.6 is 0 Å². The third-order valence-electron chi connectivity index (χ3n) is 10.2. The average Bonchev–Trinajstić information content (AvgIpc) is 2.73. The molecule has 1 aromatic rings. The molecule has 8 aliphatic rings. The first-order valence-corrected chi connectivity index (χ1v) is 13.0. The molecule has 8 saturated carbocycles. The summed E-state index contributed by atoms with van der Waals surface area (Å²) in [6.45, 7) is 0. The highest BCUT2D eigenvalue weighted by Gasteiger charge is 2.56. The van der Waals surface area contributed by atoms with Crippen molar-refractivity contribution in [1.29, 1.82) is 0 Å². The molecule has 8 aliphatic carbocycles. The van der Waals surface area contributed by atoms with E-state index in [0.717, 1.165) is 38.5 Å². The van der Waals surface area contributed by atoms with Gasteiger partial charge in [0.1, 0.15) is 0 Å². The number of rotatable bonds is 4. The normalized spacial score (nSPS) is 45.1. The Morgan fingerprint density at radius 3 is 1.75 bits per heavy atom. The van der Waals surface area contributed by atoms with Gasteiger partial charge in [0, 0.05) is 6.20 Å². The minimum atomic E-state index is -0.314. The monoisotopic (exact) mass is 434 g/mol. The molecule has 32 heavy (non-hydrogen) atoms. The SMILES string of the molecule is O=C(Nc1ncccc1OC(=O)C12CC3CC(CC(C3)C1)C2)C12CC3CC(CC(C3)C1)C2. The number of amides is 1. The van der Waals surface area contributed by atoms with E-state index in [4.69, 9.17) is 4.74 Å². The molecule has 0 spiro atoms. The van der Waals surface area contributed by atoms with Gasteiger partial charge in [0.25, 0.3) is 0 Å². The molecular formula is C27H34N2O3. The summed E-state index contributed by atoms with van der Waals surface area (Å²) in [6.07, 6.45) is 15.5. The Morgan fingerprint density at radius 2 is 1.25 bits per heavy atom. The van der Waals surface area contributed by atoms with Gasteiger partial charge < -0.3 is 10.1 Å². The van der Waals surface area contributed by atoms with Gasteiger partial charge in [-0.05, 0) is 125 Å². The number of pyridine rings is 1. The predicted molar refractivity (Wildman–Crippen MR) is 120 cm³/mol. The Morgan fingerprint density at radius 1 is 0.781 bits per heavy atom. The molecule has 0 aliphatic heterocycles. The van der Waals surface area contributed by atoms with E-state index in [0.29, 0.717) is 47.1 Å². The van der Waals surface area contributed by atoms with Crippen molar-refractivity contribution in [3.05, 3.63) is 18.3 Å². The van der Waals surface area contributed by atoms with Crippen molar-refractivity contribution >= 4 is 17.7 Å². The van der Waals surface area contributed by atoms with Gasteiger partial charge in [0.05, 0.1) is 10.8 Å². The Hall–Kier alpha value is -1.91. The third-order valence-corrected chi connectivity index (χ3v) is 10.2. The molecule has 1 aromatic heterocycles. The van der Waals surface area contributed by atoms with Crippen molar-refractivity contribution in [1.82, 2.24) is 4.98 Å². The first kappa shape index (κ1) is 19.5. The number of nitrogens with zero attached hydrogens (tertiary/aromatic N) is 1. The van der Waals surface area contributed by atoms with Gasteiger partial charge in [0.15, 0.2) is 11.6 Å². The Labute approximate surface area is 190 Å². The van der Waals surface area contributed by atoms with Crippen molar-refractivity contribution in [2.75, 3.05) is 5.32 Å². The van der Waals surface area contributed by atoms with Crippen LogP contribution in [0.3, 0.4) is 0 Å². The number of hydrogen-bond donors (Lipinski definition) is 1. The minimum absolute atomic E-state index is 0.0881. The van der Waals surface area contributed by atoms with Crippen LogP contribution in [0.15, 0.2) is 18.3 Å². The van der Waals surface area contributed by atoms with Crippen LogP contribution in [0, 0.1) is 46.3 Å². The van der Waals surface area contributed by atoms with Crippen LogP contribution in [-0.2, 0) is 9.59 Å². The number of nitrogens with one attached hydrogen (secondary N) is 1. The van der Waals surface area contributed by atoms with Gasteiger partial charge in [-0.1, -0.05) is 0 Å². The first-order valence-electron chi connectivity index (χ1n) is 13.0. The molecule has 0 radical (unpaired) electrons. The number of esters is 1. The van der Waals surface area contributed by atoms with E-state index < -0.39 is 0 Å². The lowest BCUT2D eigenvalue weighted by atomic mass is 9.49. The second kappa shape index (κ2) is 6.80. The highest BCUT2D eigenvalue weighted by molar-refractivity contribution is 5.96. The second-order valence-corrected chi connectivity index (χ2v) is 12.6. The number of aromatic nitrogens is 1. The predicted octanol–water partition coefficient (Wildman–Crippen LogP) is 5.36. The average molecular weight is 435 g/mol. The fraction of sp³-hybridized carbons (Fsp3) is 0.741. The van der Waals surface area contributed by atoms with E-state index >= 15 is 0 Å².